The molecule has 2 N–H and O–H groups in total. The van der Waals surface area contributed by atoms with Crippen molar-refractivity contribution in [3.05, 3.63) is 30.3 Å². The third-order valence-electron chi connectivity index (χ3n) is 3.51. The summed E-state index contributed by atoms with van der Waals surface area (Å²) in [4.78, 5) is 14.1. The highest BCUT2D eigenvalue weighted by Gasteiger charge is 2.21. The molecule has 1 aromatic rings. The Kier molecular flexibility index (Phi) is 10.2. The van der Waals surface area contributed by atoms with Crippen LogP contribution < -0.4 is 15.5 Å². The minimum atomic E-state index is 0. The molecule has 1 aliphatic rings. The Balaban J connectivity index is 0.00000200. The molecular formula is C15H25Cl2N3O. The van der Waals surface area contributed by atoms with E-state index >= 15 is 0 Å². The van der Waals surface area contributed by atoms with Crippen LogP contribution in [-0.4, -0.2) is 38.6 Å². The van der Waals surface area contributed by atoms with E-state index in [1.807, 2.05) is 13.1 Å². The normalized spacial score (nSPS) is 17.4. The molecular weight excluding hydrogens is 309 g/mol. The Morgan fingerprint density at radius 2 is 2.00 bits per heavy atom. The summed E-state index contributed by atoms with van der Waals surface area (Å²) in [5.41, 5.74) is 1.25. The number of amides is 1. The van der Waals surface area contributed by atoms with Crippen LogP contribution in [0.5, 0.6) is 0 Å². The second-order valence-electron chi connectivity index (χ2n) is 5.04. The average Bonchev–Trinajstić information content (AvgIpc) is 2.46. The molecule has 2 rings (SSSR count). The maximum atomic E-state index is 11.7. The van der Waals surface area contributed by atoms with Gasteiger partial charge in [-0.25, -0.2) is 0 Å². The molecule has 1 heterocycles. The van der Waals surface area contributed by atoms with Gasteiger partial charge in [0.15, 0.2) is 0 Å². The molecule has 0 radical (unpaired) electrons. The molecule has 4 nitrogen and oxygen atoms in total. The van der Waals surface area contributed by atoms with Gasteiger partial charge in [-0.15, -0.1) is 24.8 Å². The fraction of sp³-hybridized carbons (Fsp3) is 0.533. The largest absolute Gasteiger partial charge is 0.369 e. The topological polar surface area (TPSA) is 44.4 Å². The standard InChI is InChI=1S/C15H23N3O.2ClH/c1-16-10-9-15(19)17-13-6-5-11-18(12-13)14-7-3-2-4-8-14;;/h2-4,7-8,13,16H,5-6,9-12H2,1H3,(H,17,19);2*1H. The number of carbonyl (C=O) groups excluding carboxylic acids is 1. The maximum Gasteiger partial charge on any atom is 0.221 e. The molecule has 21 heavy (non-hydrogen) atoms. The first-order valence-electron chi connectivity index (χ1n) is 7.03. The van der Waals surface area contributed by atoms with E-state index in [4.69, 9.17) is 0 Å². The second-order valence-corrected chi connectivity index (χ2v) is 5.04. The van der Waals surface area contributed by atoms with E-state index in [9.17, 15) is 4.79 Å². The minimum absolute atomic E-state index is 0. The SMILES string of the molecule is CNCCC(=O)NC1CCCN(c2ccccc2)C1.Cl.Cl. The Morgan fingerprint density at radius 3 is 2.67 bits per heavy atom. The number of benzene rings is 1. The maximum absolute atomic E-state index is 11.7. The van der Waals surface area contributed by atoms with Gasteiger partial charge in [0.1, 0.15) is 0 Å². The number of halogens is 2. The highest BCUT2D eigenvalue weighted by Crippen LogP contribution is 2.19. The Hall–Kier alpha value is -0.970. The lowest BCUT2D eigenvalue weighted by molar-refractivity contribution is -0.121. The van der Waals surface area contributed by atoms with Gasteiger partial charge in [-0.05, 0) is 32.0 Å². The van der Waals surface area contributed by atoms with Crippen LogP contribution in [0.25, 0.3) is 0 Å². The van der Waals surface area contributed by atoms with Crippen molar-refractivity contribution < 1.29 is 4.79 Å². The van der Waals surface area contributed by atoms with E-state index in [0.717, 1.165) is 32.5 Å². The summed E-state index contributed by atoms with van der Waals surface area (Å²) in [6.45, 7) is 2.73. The Morgan fingerprint density at radius 1 is 1.29 bits per heavy atom. The molecule has 1 unspecified atom stereocenters. The van der Waals surface area contributed by atoms with Gasteiger partial charge in [0, 0.05) is 37.8 Å². The van der Waals surface area contributed by atoms with Crippen LogP contribution in [0.15, 0.2) is 30.3 Å². The van der Waals surface area contributed by atoms with Crippen molar-refractivity contribution in [2.75, 3.05) is 31.6 Å². The fourth-order valence-corrected chi connectivity index (χ4v) is 2.51. The third kappa shape index (κ3) is 6.55. The molecule has 1 amide bonds. The summed E-state index contributed by atoms with van der Waals surface area (Å²) in [5.74, 6) is 0.147. The van der Waals surface area contributed by atoms with E-state index in [2.05, 4.69) is 39.8 Å². The van der Waals surface area contributed by atoms with E-state index < -0.39 is 0 Å². The highest BCUT2D eigenvalue weighted by molar-refractivity contribution is 5.85. The van der Waals surface area contributed by atoms with Crippen LogP contribution in [0.3, 0.4) is 0 Å². The van der Waals surface area contributed by atoms with Crippen molar-refractivity contribution in [2.45, 2.75) is 25.3 Å². The molecule has 1 aliphatic heterocycles. The second kappa shape index (κ2) is 10.7. The molecule has 1 aromatic carbocycles. The lowest BCUT2D eigenvalue weighted by Gasteiger charge is -2.34. The van der Waals surface area contributed by atoms with Crippen LogP contribution in [0.2, 0.25) is 0 Å². The lowest BCUT2D eigenvalue weighted by atomic mass is 10.0. The van der Waals surface area contributed by atoms with Gasteiger partial charge in [0.25, 0.3) is 0 Å². The Labute approximate surface area is 139 Å². The fourth-order valence-electron chi connectivity index (χ4n) is 2.51. The summed E-state index contributed by atoms with van der Waals surface area (Å²) < 4.78 is 0. The van der Waals surface area contributed by atoms with Crippen molar-refractivity contribution in [1.29, 1.82) is 0 Å². The zero-order valence-corrected chi connectivity index (χ0v) is 14.0. The molecule has 6 heteroatoms. The van der Waals surface area contributed by atoms with Crippen molar-refractivity contribution >= 4 is 36.4 Å². The number of hydrogen-bond donors (Lipinski definition) is 2. The lowest BCUT2D eigenvalue weighted by Crippen LogP contribution is -2.48. The molecule has 0 spiro atoms. The van der Waals surface area contributed by atoms with Gasteiger partial charge in [-0.3, -0.25) is 4.79 Å². The highest BCUT2D eigenvalue weighted by atomic mass is 35.5. The number of piperidine rings is 1. The van der Waals surface area contributed by atoms with Gasteiger partial charge in [0.05, 0.1) is 0 Å². The molecule has 0 aromatic heterocycles. The predicted octanol–water partition coefficient (Wildman–Crippen LogP) is 2.22. The van der Waals surface area contributed by atoms with Crippen LogP contribution in [0, 0.1) is 0 Å². The van der Waals surface area contributed by atoms with Crippen LogP contribution >= 0.6 is 24.8 Å². The first kappa shape index (κ1) is 20.0. The number of anilines is 1. The van der Waals surface area contributed by atoms with E-state index in [1.54, 1.807) is 0 Å². The van der Waals surface area contributed by atoms with E-state index in [0.29, 0.717) is 6.42 Å². The number of hydrogen-bond acceptors (Lipinski definition) is 3. The summed E-state index contributed by atoms with van der Waals surface area (Å²) in [7, 11) is 1.87. The Bertz CT molecular complexity index is 403. The third-order valence-corrected chi connectivity index (χ3v) is 3.51. The van der Waals surface area contributed by atoms with Gasteiger partial charge >= 0.3 is 0 Å². The van der Waals surface area contributed by atoms with Gasteiger partial charge in [-0.2, -0.15) is 0 Å². The molecule has 0 saturated carbocycles. The summed E-state index contributed by atoms with van der Waals surface area (Å²) in [6, 6.07) is 10.7. The quantitative estimate of drug-likeness (QED) is 0.868. The van der Waals surface area contributed by atoms with Crippen LogP contribution in [-0.2, 0) is 4.79 Å². The number of carbonyl (C=O) groups is 1. The molecule has 1 fully saturated rings. The van der Waals surface area contributed by atoms with Crippen LogP contribution in [0.1, 0.15) is 19.3 Å². The number of para-hydroxylation sites is 1. The van der Waals surface area contributed by atoms with Gasteiger partial charge in [0.2, 0.25) is 5.91 Å². The molecule has 0 aliphatic carbocycles. The van der Waals surface area contributed by atoms with Crippen molar-refractivity contribution in [1.82, 2.24) is 10.6 Å². The van der Waals surface area contributed by atoms with Gasteiger partial charge in [-0.1, -0.05) is 18.2 Å². The molecule has 0 bridgehead atoms. The number of nitrogens with zero attached hydrogens (tertiary/aromatic N) is 1. The monoisotopic (exact) mass is 333 g/mol. The summed E-state index contributed by atoms with van der Waals surface area (Å²) in [6.07, 6.45) is 2.76. The molecule has 1 saturated heterocycles. The molecule has 120 valence electrons. The average molecular weight is 334 g/mol. The zero-order valence-electron chi connectivity index (χ0n) is 12.4. The van der Waals surface area contributed by atoms with Crippen molar-refractivity contribution in [3.8, 4) is 0 Å². The summed E-state index contributed by atoms with van der Waals surface area (Å²) in [5, 5.41) is 6.13. The van der Waals surface area contributed by atoms with Gasteiger partial charge < -0.3 is 15.5 Å². The zero-order chi connectivity index (χ0) is 13.5. The molecule has 1 atom stereocenters. The summed E-state index contributed by atoms with van der Waals surface area (Å²) >= 11 is 0. The minimum Gasteiger partial charge on any atom is -0.369 e. The van der Waals surface area contributed by atoms with Crippen molar-refractivity contribution in [3.63, 3.8) is 0 Å². The van der Waals surface area contributed by atoms with E-state index in [-0.39, 0.29) is 36.8 Å². The predicted molar refractivity (Wildman–Crippen MR) is 92.9 cm³/mol. The smallest absolute Gasteiger partial charge is 0.221 e. The number of nitrogens with one attached hydrogen (secondary N) is 2. The first-order chi connectivity index (χ1) is 9.29. The first-order valence-corrected chi connectivity index (χ1v) is 7.03. The number of rotatable bonds is 5. The van der Waals surface area contributed by atoms with Crippen molar-refractivity contribution in [2.24, 2.45) is 0 Å². The van der Waals surface area contributed by atoms with E-state index in [1.165, 1.54) is 5.69 Å². The van der Waals surface area contributed by atoms with Crippen LogP contribution in [0.4, 0.5) is 5.69 Å².